The molecule has 1 aromatic rings. The normalized spacial score (nSPS) is 23.6. The van der Waals surface area contributed by atoms with Crippen molar-refractivity contribution in [3.63, 3.8) is 0 Å². The molecule has 0 saturated carbocycles. The van der Waals surface area contributed by atoms with Crippen molar-refractivity contribution in [3.05, 3.63) is 34.9 Å². The van der Waals surface area contributed by atoms with E-state index in [0.717, 1.165) is 6.04 Å². The van der Waals surface area contributed by atoms with Crippen LogP contribution in [0, 0.1) is 13.8 Å². The van der Waals surface area contributed by atoms with Gasteiger partial charge in [0.1, 0.15) is 0 Å². The lowest BCUT2D eigenvalue weighted by Gasteiger charge is -2.44. The molecule has 2 aliphatic heterocycles. The summed E-state index contributed by atoms with van der Waals surface area (Å²) in [6, 6.07) is 8.26. The topological polar surface area (TPSA) is 18.5 Å². The summed E-state index contributed by atoms with van der Waals surface area (Å²) in [7, 11) is 0. The smallest absolute Gasteiger partial charge is 0.0346 e. The largest absolute Gasteiger partial charge is 0.314 e. The molecule has 110 valence electrons. The van der Waals surface area contributed by atoms with Crippen molar-refractivity contribution in [2.75, 3.05) is 39.3 Å². The Labute approximate surface area is 123 Å². The molecule has 3 nitrogen and oxygen atoms in total. The van der Waals surface area contributed by atoms with Gasteiger partial charge in [0.2, 0.25) is 0 Å². The van der Waals surface area contributed by atoms with Crippen molar-refractivity contribution in [1.82, 2.24) is 15.1 Å². The van der Waals surface area contributed by atoms with Crippen LogP contribution in [0.3, 0.4) is 0 Å². The minimum atomic E-state index is 0.538. The Morgan fingerprint density at radius 1 is 1.05 bits per heavy atom. The van der Waals surface area contributed by atoms with E-state index in [1.165, 1.54) is 56.0 Å². The minimum Gasteiger partial charge on any atom is -0.314 e. The molecule has 2 fully saturated rings. The van der Waals surface area contributed by atoms with Crippen molar-refractivity contribution in [2.45, 2.75) is 32.9 Å². The minimum absolute atomic E-state index is 0.538. The first-order valence-electron chi connectivity index (χ1n) is 7.91. The second-order valence-electron chi connectivity index (χ2n) is 6.40. The number of nitrogens with zero attached hydrogens (tertiary/aromatic N) is 2. The first-order chi connectivity index (χ1) is 9.65. The van der Waals surface area contributed by atoms with E-state index < -0.39 is 0 Å². The Morgan fingerprint density at radius 3 is 2.30 bits per heavy atom. The van der Waals surface area contributed by atoms with E-state index in [-0.39, 0.29) is 0 Å². The molecular formula is C17H27N3. The molecule has 2 aliphatic rings. The van der Waals surface area contributed by atoms with Crippen LogP contribution in [-0.2, 0) is 0 Å². The van der Waals surface area contributed by atoms with E-state index in [4.69, 9.17) is 0 Å². The summed E-state index contributed by atoms with van der Waals surface area (Å²) in [5.41, 5.74) is 4.27. The fourth-order valence-electron chi connectivity index (χ4n) is 3.26. The van der Waals surface area contributed by atoms with Gasteiger partial charge in [-0.1, -0.05) is 18.2 Å². The summed E-state index contributed by atoms with van der Waals surface area (Å²) in [5, 5.41) is 3.37. The molecule has 2 saturated heterocycles. The van der Waals surface area contributed by atoms with Crippen molar-refractivity contribution in [1.29, 1.82) is 0 Å². The van der Waals surface area contributed by atoms with Crippen molar-refractivity contribution in [2.24, 2.45) is 0 Å². The molecule has 2 heterocycles. The van der Waals surface area contributed by atoms with Gasteiger partial charge in [-0.2, -0.15) is 0 Å². The van der Waals surface area contributed by atoms with Gasteiger partial charge in [-0.05, 0) is 37.5 Å². The molecule has 3 rings (SSSR count). The summed E-state index contributed by atoms with van der Waals surface area (Å²) in [6.45, 7) is 14.0. The Bertz CT molecular complexity index is 459. The van der Waals surface area contributed by atoms with Crippen LogP contribution in [-0.4, -0.2) is 55.1 Å². The van der Waals surface area contributed by atoms with Crippen LogP contribution in [0.4, 0.5) is 0 Å². The number of piperazine rings is 1. The standard InChI is InChI=1S/C17H27N3/c1-13-4-5-16(10-14(13)2)15(3)19-6-8-20(9-7-19)17-11-18-12-17/h4-5,10,15,17-18H,6-9,11-12H2,1-3H3. The van der Waals surface area contributed by atoms with Gasteiger partial charge < -0.3 is 5.32 Å². The maximum Gasteiger partial charge on any atom is 0.0346 e. The maximum absolute atomic E-state index is 3.37. The van der Waals surface area contributed by atoms with E-state index in [1.807, 2.05) is 0 Å². The van der Waals surface area contributed by atoms with Crippen LogP contribution in [0.15, 0.2) is 18.2 Å². The molecule has 20 heavy (non-hydrogen) atoms. The predicted octanol–water partition coefficient (Wildman–Crippen LogP) is 1.95. The third kappa shape index (κ3) is 2.76. The van der Waals surface area contributed by atoms with Gasteiger partial charge >= 0.3 is 0 Å². The van der Waals surface area contributed by atoms with E-state index in [1.54, 1.807) is 0 Å². The molecule has 3 heteroatoms. The fourth-order valence-corrected chi connectivity index (χ4v) is 3.26. The highest BCUT2D eigenvalue weighted by Gasteiger charge is 2.29. The molecule has 0 radical (unpaired) electrons. The molecule has 1 unspecified atom stereocenters. The Hall–Kier alpha value is -0.900. The Morgan fingerprint density at radius 2 is 1.75 bits per heavy atom. The summed E-state index contributed by atoms with van der Waals surface area (Å²) >= 11 is 0. The Balaban J connectivity index is 1.60. The zero-order valence-corrected chi connectivity index (χ0v) is 13.0. The predicted molar refractivity (Wildman–Crippen MR) is 84.1 cm³/mol. The van der Waals surface area contributed by atoms with E-state index in [0.29, 0.717) is 6.04 Å². The molecule has 0 bridgehead atoms. The van der Waals surface area contributed by atoms with Crippen LogP contribution in [0.25, 0.3) is 0 Å². The van der Waals surface area contributed by atoms with Crippen LogP contribution in [0.2, 0.25) is 0 Å². The number of aryl methyl sites for hydroxylation is 2. The average molecular weight is 273 g/mol. The molecule has 0 amide bonds. The van der Waals surface area contributed by atoms with Crippen molar-refractivity contribution < 1.29 is 0 Å². The molecular weight excluding hydrogens is 246 g/mol. The van der Waals surface area contributed by atoms with Gasteiger partial charge in [0.05, 0.1) is 0 Å². The van der Waals surface area contributed by atoms with Crippen LogP contribution < -0.4 is 5.32 Å². The third-order valence-electron chi connectivity index (χ3n) is 5.19. The van der Waals surface area contributed by atoms with Crippen molar-refractivity contribution >= 4 is 0 Å². The number of hydrogen-bond donors (Lipinski definition) is 1. The lowest BCUT2D eigenvalue weighted by atomic mass is 10.0. The number of rotatable bonds is 3. The van der Waals surface area contributed by atoms with Crippen molar-refractivity contribution in [3.8, 4) is 0 Å². The summed E-state index contributed by atoms with van der Waals surface area (Å²) in [4.78, 5) is 5.28. The highest BCUT2D eigenvalue weighted by Crippen LogP contribution is 2.24. The second-order valence-corrected chi connectivity index (χ2v) is 6.40. The van der Waals surface area contributed by atoms with Gasteiger partial charge in [-0.3, -0.25) is 9.80 Å². The van der Waals surface area contributed by atoms with Gasteiger partial charge in [0.25, 0.3) is 0 Å². The van der Waals surface area contributed by atoms with E-state index in [9.17, 15) is 0 Å². The van der Waals surface area contributed by atoms with Crippen LogP contribution >= 0.6 is 0 Å². The lowest BCUT2D eigenvalue weighted by Crippen LogP contribution is -2.61. The summed E-state index contributed by atoms with van der Waals surface area (Å²) in [6.07, 6.45) is 0. The maximum atomic E-state index is 3.37. The third-order valence-corrected chi connectivity index (χ3v) is 5.19. The molecule has 0 aromatic heterocycles. The molecule has 1 aromatic carbocycles. The highest BCUT2D eigenvalue weighted by atomic mass is 15.3. The second kappa shape index (κ2) is 5.84. The van der Waals surface area contributed by atoms with E-state index >= 15 is 0 Å². The average Bonchev–Trinajstić information content (AvgIpc) is 2.40. The monoisotopic (exact) mass is 273 g/mol. The highest BCUT2D eigenvalue weighted by molar-refractivity contribution is 5.31. The fraction of sp³-hybridized carbons (Fsp3) is 0.647. The Kier molecular flexibility index (Phi) is 4.11. The van der Waals surface area contributed by atoms with Crippen LogP contribution in [0.5, 0.6) is 0 Å². The lowest BCUT2D eigenvalue weighted by molar-refractivity contribution is 0.0552. The number of hydrogen-bond acceptors (Lipinski definition) is 3. The first-order valence-corrected chi connectivity index (χ1v) is 7.91. The molecule has 1 atom stereocenters. The zero-order valence-electron chi connectivity index (χ0n) is 13.0. The molecule has 1 N–H and O–H groups in total. The van der Waals surface area contributed by atoms with Gasteiger partial charge in [-0.15, -0.1) is 0 Å². The van der Waals surface area contributed by atoms with Gasteiger partial charge in [0, 0.05) is 51.4 Å². The van der Waals surface area contributed by atoms with Gasteiger partial charge in [0.15, 0.2) is 0 Å². The summed E-state index contributed by atoms with van der Waals surface area (Å²) < 4.78 is 0. The van der Waals surface area contributed by atoms with E-state index in [2.05, 4.69) is 54.1 Å². The SMILES string of the molecule is Cc1ccc(C(C)N2CCN(C3CNC3)CC2)cc1C. The summed E-state index contributed by atoms with van der Waals surface area (Å²) in [5.74, 6) is 0. The van der Waals surface area contributed by atoms with Crippen LogP contribution in [0.1, 0.15) is 29.7 Å². The number of benzene rings is 1. The molecule has 0 spiro atoms. The first kappa shape index (κ1) is 14.1. The zero-order chi connectivity index (χ0) is 14.1. The molecule has 0 aliphatic carbocycles. The number of nitrogens with one attached hydrogen (secondary N) is 1. The van der Waals surface area contributed by atoms with Gasteiger partial charge in [-0.25, -0.2) is 0 Å². The quantitative estimate of drug-likeness (QED) is 0.908.